The lowest BCUT2D eigenvalue weighted by atomic mass is 10.1. The molecule has 0 fully saturated rings. The smallest absolute Gasteiger partial charge is 0.122 e. The molecule has 0 unspecified atom stereocenters. The third-order valence-electron chi connectivity index (χ3n) is 1.20. The van der Waals surface area contributed by atoms with Gasteiger partial charge < -0.3 is 4.74 Å². The van der Waals surface area contributed by atoms with Crippen LogP contribution in [0.25, 0.3) is 0 Å². The summed E-state index contributed by atoms with van der Waals surface area (Å²) in [6.07, 6.45) is 1.72. The molecule has 0 aromatic rings. The third-order valence-corrected chi connectivity index (χ3v) is 1.20. The second-order valence-electron chi connectivity index (χ2n) is 2.62. The zero-order valence-corrected chi connectivity index (χ0v) is 7.03. The van der Waals surface area contributed by atoms with E-state index in [-0.39, 0.29) is 5.60 Å². The van der Waals surface area contributed by atoms with Crippen LogP contribution in [0, 0.1) is 18.8 Å². The number of methoxy groups -OCH3 is 1. The fourth-order valence-corrected chi connectivity index (χ4v) is 0.415. The van der Waals surface area contributed by atoms with Gasteiger partial charge >= 0.3 is 0 Å². The molecule has 0 bridgehead atoms. The maximum absolute atomic E-state index is 5.09. The van der Waals surface area contributed by atoms with Crippen molar-refractivity contribution in [3.05, 3.63) is 6.92 Å². The Labute approximate surface area is 63.8 Å². The van der Waals surface area contributed by atoms with Gasteiger partial charge in [-0.2, -0.15) is 0 Å². The van der Waals surface area contributed by atoms with Crippen molar-refractivity contribution in [2.24, 2.45) is 0 Å². The van der Waals surface area contributed by atoms with E-state index in [0.29, 0.717) is 0 Å². The first-order valence-corrected chi connectivity index (χ1v) is 3.47. The second-order valence-corrected chi connectivity index (χ2v) is 2.62. The fourth-order valence-electron chi connectivity index (χ4n) is 0.415. The molecule has 0 aliphatic carbocycles. The molecule has 1 nitrogen and oxygen atoms in total. The van der Waals surface area contributed by atoms with Crippen molar-refractivity contribution in [3.63, 3.8) is 0 Å². The lowest BCUT2D eigenvalue weighted by Crippen LogP contribution is -2.19. The van der Waals surface area contributed by atoms with E-state index in [0.717, 1.165) is 12.8 Å². The van der Waals surface area contributed by atoms with Crippen LogP contribution < -0.4 is 0 Å². The van der Waals surface area contributed by atoms with E-state index in [1.807, 2.05) is 13.8 Å². The highest BCUT2D eigenvalue weighted by atomic mass is 16.5. The van der Waals surface area contributed by atoms with Crippen LogP contribution in [0.15, 0.2) is 0 Å². The lowest BCUT2D eigenvalue weighted by Gasteiger charge is -2.13. The molecule has 0 amide bonds. The molecule has 1 radical (unpaired) electrons. The van der Waals surface area contributed by atoms with E-state index in [1.54, 1.807) is 7.11 Å². The Morgan fingerprint density at radius 1 is 1.50 bits per heavy atom. The molecule has 57 valence electrons. The number of unbranched alkanes of at least 4 members (excludes halogenated alkanes) is 1. The predicted molar refractivity (Wildman–Crippen MR) is 43.5 cm³/mol. The van der Waals surface area contributed by atoms with Crippen molar-refractivity contribution in [3.8, 4) is 11.8 Å². The van der Waals surface area contributed by atoms with E-state index >= 15 is 0 Å². The molecule has 0 heterocycles. The average Bonchev–Trinajstić information content (AvgIpc) is 1.89. The van der Waals surface area contributed by atoms with Crippen molar-refractivity contribution < 1.29 is 4.74 Å². The summed E-state index contributed by atoms with van der Waals surface area (Å²) in [5.74, 6) is 5.99. The van der Waals surface area contributed by atoms with Gasteiger partial charge in [0.05, 0.1) is 0 Å². The number of hydrogen-bond acceptors (Lipinski definition) is 1. The van der Waals surface area contributed by atoms with E-state index in [2.05, 4.69) is 18.8 Å². The third kappa shape index (κ3) is 4.40. The number of rotatable bonds is 2. The summed E-state index contributed by atoms with van der Waals surface area (Å²) in [6.45, 7) is 7.58. The SMILES string of the molecule is [CH2]CCC#CC(C)(C)OC. The molecule has 0 saturated heterocycles. The van der Waals surface area contributed by atoms with Crippen molar-refractivity contribution in [2.75, 3.05) is 7.11 Å². The van der Waals surface area contributed by atoms with Crippen LogP contribution in [0.2, 0.25) is 0 Å². The highest BCUT2D eigenvalue weighted by molar-refractivity contribution is 5.10. The standard InChI is InChI=1S/C9H15O/c1-5-6-7-8-9(2,3)10-4/h1,5-6H2,2-4H3. The van der Waals surface area contributed by atoms with Crippen LogP contribution in [0.4, 0.5) is 0 Å². The molecule has 1 heteroatoms. The summed E-state index contributed by atoms with van der Waals surface area (Å²) in [5.41, 5.74) is -0.296. The Hall–Kier alpha value is -0.480. The minimum Gasteiger partial charge on any atom is -0.366 e. The van der Waals surface area contributed by atoms with Crippen molar-refractivity contribution >= 4 is 0 Å². The minimum absolute atomic E-state index is 0.296. The topological polar surface area (TPSA) is 9.23 Å². The lowest BCUT2D eigenvalue weighted by molar-refractivity contribution is 0.0741. The van der Waals surface area contributed by atoms with Gasteiger partial charge in [0, 0.05) is 13.5 Å². The molecule has 10 heavy (non-hydrogen) atoms. The minimum atomic E-state index is -0.296. The van der Waals surface area contributed by atoms with Gasteiger partial charge in [0.1, 0.15) is 5.60 Å². The molecule has 0 N–H and O–H groups in total. The van der Waals surface area contributed by atoms with Gasteiger partial charge in [0.15, 0.2) is 0 Å². The van der Waals surface area contributed by atoms with Gasteiger partial charge in [-0.05, 0) is 20.3 Å². The molecule has 0 rings (SSSR count). The monoisotopic (exact) mass is 139 g/mol. The zero-order valence-electron chi connectivity index (χ0n) is 7.03. The van der Waals surface area contributed by atoms with Gasteiger partial charge in [0.2, 0.25) is 0 Å². The first-order chi connectivity index (χ1) is 4.62. The summed E-state index contributed by atoms with van der Waals surface area (Å²) >= 11 is 0. The summed E-state index contributed by atoms with van der Waals surface area (Å²) < 4.78 is 5.09. The molecule has 0 spiro atoms. The van der Waals surface area contributed by atoms with Gasteiger partial charge in [0.25, 0.3) is 0 Å². The normalized spacial score (nSPS) is 10.4. The molecule has 0 aliphatic heterocycles. The predicted octanol–water partition coefficient (Wildman–Crippen LogP) is 2.03. The highest BCUT2D eigenvalue weighted by Gasteiger charge is 2.09. The Balaban J connectivity index is 3.77. The Kier molecular flexibility index (Phi) is 4.14. The van der Waals surface area contributed by atoms with Crippen LogP contribution in [0.3, 0.4) is 0 Å². The van der Waals surface area contributed by atoms with Crippen molar-refractivity contribution in [1.82, 2.24) is 0 Å². The Bertz CT molecular complexity index is 137. The first-order valence-electron chi connectivity index (χ1n) is 3.47. The average molecular weight is 139 g/mol. The van der Waals surface area contributed by atoms with Crippen LogP contribution in [-0.2, 0) is 4.74 Å². The second kappa shape index (κ2) is 4.35. The van der Waals surface area contributed by atoms with E-state index in [9.17, 15) is 0 Å². The molecular weight excluding hydrogens is 124 g/mol. The summed E-state index contributed by atoms with van der Waals surface area (Å²) in [4.78, 5) is 0. The van der Waals surface area contributed by atoms with Gasteiger partial charge in [-0.3, -0.25) is 0 Å². The molecule has 0 aliphatic rings. The number of hydrogen-bond donors (Lipinski definition) is 0. The number of ether oxygens (including phenoxy) is 1. The summed E-state index contributed by atoms with van der Waals surface area (Å²) in [6, 6.07) is 0. The molecule has 0 saturated carbocycles. The maximum Gasteiger partial charge on any atom is 0.122 e. The van der Waals surface area contributed by atoms with E-state index in [4.69, 9.17) is 4.74 Å². The molecule has 0 aromatic heterocycles. The fraction of sp³-hybridized carbons (Fsp3) is 0.667. The maximum atomic E-state index is 5.09. The van der Waals surface area contributed by atoms with Gasteiger partial charge in [-0.1, -0.05) is 12.8 Å². The molecule has 0 aromatic carbocycles. The van der Waals surface area contributed by atoms with Crippen molar-refractivity contribution in [1.29, 1.82) is 0 Å². The Morgan fingerprint density at radius 2 is 2.10 bits per heavy atom. The van der Waals surface area contributed by atoms with Crippen molar-refractivity contribution in [2.45, 2.75) is 32.3 Å². The summed E-state index contributed by atoms with van der Waals surface area (Å²) in [7, 11) is 1.67. The van der Waals surface area contributed by atoms with Gasteiger partial charge in [-0.15, -0.1) is 5.92 Å². The zero-order chi connectivity index (χ0) is 8.04. The van der Waals surface area contributed by atoms with Crippen LogP contribution >= 0.6 is 0 Å². The summed E-state index contributed by atoms with van der Waals surface area (Å²) in [5, 5.41) is 0. The molecule has 0 atom stereocenters. The van der Waals surface area contributed by atoms with E-state index < -0.39 is 0 Å². The quantitative estimate of drug-likeness (QED) is 0.532. The van der Waals surface area contributed by atoms with Gasteiger partial charge in [-0.25, -0.2) is 0 Å². The molecular formula is C9H15O. The largest absolute Gasteiger partial charge is 0.366 e. The highest BCUT2D eigenvalue weighted by Crippen LogP contribution is 2.04. The van der Waals surface area contributed by atoms with Crippen LogP contribution in [-0.4, -0.2) is 12.7 Å². The first kappa shape index (κ1) is 9.52. The van der Waals surface area contributed by atoms with Crippen LogP contribution in [0.5, 0.6) is 0 Å². The Morgan fingerprint density at radius 3 is 2.50 bits per heavy atom. The van der Waals surface area contributed by atoms with E-state index in [1.165, 1.54) is 0 Å². The van der Waals surface area contributed by atoms with Crippen LogP contribution in [0.1, 0.15) is 26.7 Å².